The molecule has 4 rings (SSSR count). The molecule has 0 amide bonds. The van der Waals surface area contributed by atoms with Crippen LogP contribution >= 0.6 is 0 Å². The lowest BCUT2D eigenvalue weighted by atomic mass is 9.83. The van der Waals surface area contributed by atoms with E-state index in [0.29, 0.717) is 25.0 Å². The lowest BCUT2D eigenvalue weighted by Crippen LogP contribution is -2.31. The third-order valence-corrected chi connectivity index (χ3v) is 5.55. The van der Waals surface area contributed by atoms with Gasteiger partial charge in [-0.05, 0) is 47.7 Å². The number of carbonyl (C=O) groups is 1. The predicted molar refractivity (Wildman–Crippen MR) is 107 cm³/mol. The highest BCUT2D eigenvalue weighted by Gasteiger charge is 2.28. The van der Waals surface area contributed by atoms with Crippen LogP contribution in [0.4, 0.5) is 4.39 Å². The highest BCUT2D eigenvalue weighted by atomic mass is 19.1. The minimum Gasteiger partial charge on any atom is -0.511 e. The summed E-state index contributed by atoms with van der Waals surface area (Å²) in [5, 5.41) is 13.9. The maximum absolute atomic E-state index is 13.1. The quantitative estimate of drug-likeness (QED) is 0.790. The molecule has 144 valence electrons. The van der Waals surface area contributed by atoms with Gasteiger partial charge >= 0.3 is 0 Å². The summed E-state index contributed by atoms with van der Waals surface area (Å²) in [6, 6.07) is 14.5. The van der Waals surface area contributed by atoms with Crippen molar-refractivity contribution in [2.45, 2.75) is 31.2 Å². The van der Waals surface area contributed by atoms with E-state index in [1.165, 1.54) is 29.5 Å². The molecule has 28 heavy (non-hydrogen) atoms. The Kier molecular flexibility index (Phi) is 5.35. The molecule has 5 heteroatoms. The summed E-state index contributed by atoms with van der Waals surface area (Å²) in [7, 11) is 0. The number of nitrogens with one attached hydrogen (secondary N) is 1. The molecular weight excluding hydrogens is 355 g/mol. The standard InChI is InChI=1S/C23H23FN2O2/c24-18-7-5-15(6-8-18)17-11-22(27)20(23(28)12-17)13-25-14-21-19-4-2-1-3-16(19)9-10-26-21/h1-8,13,17,21,26-27H,9-12,14H2/t17?,21-/m0/s1. The number of aliphatic hydroxyl groups is 1. The molecule has 1 aliphatic heterocycles. The van der Waals surface area contributed by atoms with E-state index in [9.17, 15) is 14.3 Å². The van der Waals surface area contributed by atoms with Crippen molar-refractivity contribution in [1.82, 2.24) is 5.32 Å². The SMILES string of the molecule is O=C1CC(c2ccc(F)cc2)CC(O)=C1C=NC[C@@H]1NCCc2ccccc21. The number of fused-ring (bicyclic) bond motifs is 1. The van der Waals surface area contributed by atoms with Gasteiger partial charge in [0.1, 0.15) is 11.6 Å². The fourth-order valence-electron chi connectivity index (χ4n) is 4.03. The van der Waals surface area contributed by atoms with Crippen molar-refractivity contribution in [3.05, 3.63) is 82.4 Å². The number of nitrogens with zero attached hydrogens (tertiary/aromatic N) is 1. The van der Waals surface area contributed by atoms with Crippen LogP contribution in [0.3, 0.4) is 0 Å². The van der Waals surface area contributed by atoms with Gasteiger partial charge < -0.3 is 10.4 Å². The smallest absolute Gasteiger partial charge is 0.168 e. The molecule has 2 N–H and O–H groups in total. The average Bonchev–Trinajstić information content (AvgIpc) is 2.70. The van der Waals surface area contributed by atoms with E-state index in [-0.39, 0.29) is 29.3 Å². The molecule has 0 spiro atoms. The Morgan fingerprint density at radius 1 is 1.14 bits per heavy atom. The van der Waals surface area contributed by atoms with Crippen molar-refractivity contribution in [2.24, 2.45) is 4.99 Å². The van der Waals surface area contributed by atoms with Gasteiger partial charge in [0.15, 0.2) is 5.78 Å². The highest BCUT2D eigenvalue weighted by molar-refractivity contribution is 6.14. The van der Waals surface area contributed by atoms with Gasteiger partial charge in [-0.2, -0.15) is 0 Å². The molecule has 2 atom stereocenters. The Hall–Kier alpha value is -2.79. The summed E-state index contributed by atoms with van der Waals surface area (Å²) < 4.78 is 13.1. The first-order valence-electron chi connectivity index (χ1n) is 9.63. The normalized spacial score (nSPS) is 22.5. The number of Topliss-reactive ketones (excluding diaryl/α,β-unsaturated/α-hetero) is 1. The molecule has 0 aromatic heterocycles. The van der Waals surface area contributed by atoms with Crippen LogP contribution in [0.25, 0.3) is 0 Å². The summed E-state index contributed by atoms with van der Waals surface area (Å²) in [5.41, 5.74) is 3.73. The molecule has 2 aromatic rings. The first-order valence-corrected chi connectivity index (χ1v) is 9.63. The van der Waals surface area contributed by atoms with Gasteiger partial charge in [-0.3, -0.25) is 9.79 Å². The van der Waals surface area contributed by atoms with Gasteiger partial charge in [-0.25, -0.2) is 4.39 Å². The summed E-state index contributed by atoms with van der Waals surface area (Å²) >= 11 is 0. The third kappa shape index (κ3) is 3.90. The molecule has 1 heterocycles. The van der Waals surface area contributed by atoms with Gasteiger partial charge in [-0.1, -0.05) is 36.4 Å². The second kappa shape index (κ2) is 8.07. The van der Waals surface area contributed by atoms with Crippen LogP contribution in [-0.2, 0) is 11.2 Å². The first-order chi connectivity index (χ1) is 13.6. The number of rotatable bonds is 4. The Bertz CT molecular complexity index is 934. The van der Waals surface area contributed by atoms with E-state index in [0.717, 1.165) is 18.5 Å². The van der Waals surface area contributed by atoms with Crippen molar-refractivity contribution >= 4 is 12.0 Å². The van der Waals surface area contributed by atoms with E-state index >= 15 is 0 Å². The minimum absolute atomic E-state index is 0.0614. The van der Waals surface area contributed by atoms with Crippen LogP contribution in [0, 0.1) is 5.82 Å². The largest absolute Gasteiger partial charge is 0.511 e. The topological polar surface area (TPSA) is 61.7 Å². The number of hydrogen-bond acceptors (Lipinski definition) is 4. The van der Waals surface area contributed by atoms with Gasteiger partial charge in [0.25, 0.3) is 0 Å². The Labute approximate surface area is 163 Å². The van der Waals surface area contributed by atoms with E-state index in [4.69, 9.17) is 0 Å². The molecule has 1 aliphatic carbocycles. The number of allylic oxidation sites excluding steroid dienone is 2. The second-order valence-corrected chi connectivity index (χ2v) is 7.39. The number of halogens is 1. The van der Waals surface area contributed by atoms with Crippen molar-refractivity contribution < 1.29 is 14.3 Å². The summed E-state index contributed by atoms with van der Waals surface area (Å²) in [6.45, 7) is 1.42. The van der Waals surface area contributed by atoms with Crippen LogP contribution in [0.2, 0.25) is 0 Å². The maximum atomic E-state index is 13.1. The first kappa shape index (κ1) is 18.6. The zero-order valence-electron chi connectivity index (χ0n) is 15.6. The van der Waals surface area contributed by atoms with Crippen LogP contribution < -0.4 is 5.32 Å². The van der Waals surface area contributed by atoms with Gasteiger partial charge in [0.2, 0.25) is 0 Å². The molecule has 0 saturated heterocycles. The Morgan fingerprint density at radius 2 is 1.93 bits per heavy atom. The molecule has 1 unspecified atom stereocenters. The molecule has 0 bridgehead atoms. The van der Waals surface area contributed by atoms with Crippen molar-refractivity contribution in [3.8, 4) is 0 Å². The predicted octanol–water partition coefficient (Wildman–Crippen LogP) is 4.04. The fourth-order valence-corrected chi connectivity index (χ4v) is 4.03. The second-order valence-electron chi connectivity index (χ2n) is 7.39. The average molecular weight is 378 g/mol. The Balaban J connectivity index is 1.45. The molecule has 0 fully saturated rings. The molecule has 0 radical (unpaired) electrons. The summed E-state index contributed by atoms with van der Waals surface area (Å²) in [6.07, 6.45) is 3.17. The number of carbonyl (C=O) groups excluding carboxylic acids is 1. The van der Waals surface area contributed by atoms with E-state index in [1.54, 1.807) is 12.1 Å². The molecule has 2 aromatic carbocycles. The van der Waals surface area contributed by atoms with E-state index in [2.05, 4.69) is 22.4 Å². The number of benzene rings is 2. The number of ketones is 1. The molecule has 2 aliphatic rings. The van der Waals surface area contributed by atoms with Crippen LogP contribution in [0.5, 0.6) is 0 Å². The zero-order chi connectivity index (χ0) is 19.5. The third-order valence-electron chi connectivity index (χ3n) is 5.55. The molecule has 0 saturated carbocycles. The summed E-state index contributed by atoms with van der Waals surface area (Å²) in [4.78, 5) is 17.0. The lowest BCUT2D eigenvalue weighted by molar-refractivity contribution is -0.116. The number of hydrogen-bond donors (Lipinski definition) is 2. The van der Waals surface area contributed by atoms with Crippen molar-refractivity contribution in [2.75, 3.05) is 13.1 Å². The van der Waals surface area contributed by atoms with E-state index < -0.39 is 0 Å². The lowest BCUT2D eigenvalue weighted by Gasteiger charge is -2.26. The van der Waals surface area contributed by atoms with E-state index in [1.807, 2.05) is 12.1 Å². The zero-order valence-corrected chi connectivity index (χ0v) is 15.6. The molecule has 4 nitrogen and oxygen atoms in total. The monoisotopic (exact) mass is 378 g/mol. The van der Waals surface area contributed by atoms with Crippen LogP contribution in [-0.4, -0.2) is 30.2 Å². The maximum Gasteiger partial charge on any atom is 0.168 e. The van der Waals surface area contributed by atoms with Crippen LogP contribution in [0.1, 0.15) is 41.5 Å². The number of aliphatic hydroxyl groups excluding tert-OH is 1. The van der Waals surface area contributed by atoms with Gasteiger partial charge in [0.05, 0.1) is 18.2 Å². The van der Waals surface area contributed by atoms with Gasteiger partial charge in [-0.15, -0.1) is 0 Å². The number of aliphatic imine (C=N–C) groups is 1. The molecular formula is C23H23FN2O2. The Morgan fingerprint density at radius 3 is 2.71 bits per heavy atom. The minimum atomic E-state index is -0.309. The highest BCUT2D eigenvalue weighted by Crippen LogP contribution is 2.33. The van der Waals surface area contributed by atoms with Crippen LogP contribution in [0.15, 0.2) is 64.9 Å². The van der Waals surface area contributed by atoms with Crippen molar-refractivity contribution in [3.63, 3.8) is 0 Å². The fraction of sp³-hybridized carbons (Fsp3) is 0.304. The summed E-state index contributed by atoms with van der Waals surface area (Å²) in [5.74, 6) is -0.501. The van der Waals surface area contributed by atoms with Crippen molar-refractivity contribution in [1.29, 1.82) is 0 Å². The van der Waals surface area contributed by atoms with Gasteiger partial charge in [0, 0.05) is 19.1 Å².